The number of piperidine rings is 1. The number of anilines is 2. The highest BCUT2D eigenvalue weighted by Gasteiger charge is 2.29. The van der Waals surface area contributed by atoms with Crippen molar-refractivity contribution in [3.63, 3.8) is 0 Å². The minimum atomic E-state index is -0.167. The Morgan fingerprint density at radius 1 is 1.09 bits per heavy atom. The zero-order valence-electron chi connectivity index (χ0n) is 19.8. The molecule has 6 rings (SSSR count). The van der Waals surface area contributed by atoms with Gasteiger partial charge >= 0.3 is 0 Å². The maximum atomic E-state index is 13.9. The normalized spacial score (nSPS) is 18.6. The highest BCUT2D eigenvalue weighted by atomic mass is 19.1. The Balaban J connectivity index is 1.23. The summed E-state index contributed by atoms with van der Waals surface area (Å²) in [7, 11) is 0. The van der Waals surface area contributed by atoms with Crippen LogP contribution in [0.5, 0.6) is 0 Å². The van der Waals surface area contributed by atoms with Crippen molar-refractivity contribution in [3.05, 3.63) is 53.5 Å². The largest absolute Gasteiger partial charge is 0.369 e. The van der Waals surface area contributed by atoms with Crippen molar-refractivity contribution in [2.45, 2.75) is 45.1 Å². The van der Waals surface area contributed by atoms with E-state index in [4.69, 9.17) is 4.98 Å². The van der Waals surface area contributed by atoms with Gasteiger partial charge in [0.25, 0.3) is 0 Å². The molecule has 7 nitrogen and oxygen atoms in total. The molecule has 2 saturated heterocycles. The SMILES string of the molecule is Cc1cc(-c2cn(CCN3CCC3)c(C3CCN(c4ncnc5c4CCN5)CC3)n2)ccc1F. The molecule has 3 aliphatic rings. The maximum absolute atomic E-state index is 13.9. The molecule has 5 heterocycles. The van der Waals surface area contributed by atoms with E-state index in [-0.39, 0.29) is 5.82 Å². The van der Waals surface area contributed by atoms with Crippen molar-refractivity contribution in [1.29, 1.82) is 0 Å². The predicted octanol–water partition coefficient (Wildman–Crippen LogP) is 3.85. The first-order valence-corrected chi connectivity index (χ1v) is 12.5. The van der Waals surface area contributed by atoms with E-state index in [1.807, 2.05) is 19.1 Å². The van der Waals surface area contributed by atoms with Crippen molar-refractivity contribution in [3.8, 4) is 11.3 Å². The van der Waals surface area contributed by atoms with Crippen LogP contribution in [0.15, 0.2) is 30.7 Å². The van der Waals surface area contributed by atoms with E-state index in [0.29, 0.717) is 11.5 Å². The van der Waals surface area contributed by atoms with Crippen LogP contribution in [0.25, 0.3) is 11.3 Å². The van der Waals surface area contributed by atoms with E-state index >= 15 is 0 Å². The third kappa shape index (κ3) is 4.04. The molecule has 0 radical (unpaired) electrons. The van der Waals surface area contributed by atoms with Crippen LogP contribution in [0.2, 0.25) is 0 Å². The number of rotatable bonds is 6. The number of benzene rings is 1. The first kappa shape index (κ1) is 21.5. The predicted molar refractivity (Wildman–Crippen MR) is 132 cm³/mol. The number of aromatic nitrogens is 4. The van der Waals surface area contributed by atoms with Crippen LogP contribution >= 0.6 is 0 Å². The fourth-order valence-corrected chi connectivity index (χ4v) is 5.45. The molecule has 0 unspecified atom stereocenters. The number of halogens is 1. The van der Waals surface area contributed by atoms with Gasteiger partial charge in [0.05, 0.1) is 5.69 Å². The first-order chi connectivity index (χ1) is 16.7. The summed E-state index contributed by atoms with van der Waals surface area (Å²) in [6, 6.07) is 5.31. The van der Waals surface area contributed by atoms with Crippen LogP contribution in [-0.4, -0.2) is 63.7 Å². The Bertz CT molecular complexity index is 1180. The molecular formula is C26H32FN7. The van der Waals surface area contributed by atoms with Crippen LogP contribution in [-0.2, 0) is 13.0 Å². The molecule has 2 fully saturated rings. The number of nitrogens with one attached hydrogen (secondary N) is 1. The van der Waals surface area contributed by atoms with Gasteiger partial charge in [-0.1, -0.05) is 0 Å². The number of fused-ring (bicyclic) bond motifs is 1. The third-order valence-corrected chi connectivity index (χ3v) is 7.62. The Kier molecular flexibility index (Phi) is 5.69. The van der Waals surface area contributed by atoms with E-state index < -0.39 is 0 Å². The zero-order chi connectivity index (χ0) is 23.1. The molecule has 0 bridgehead atoms. The molecule has 3 aromatic rings. The molecule has 3 aliphatic heterocycles. The molecule has 2 aromatic heterocycles. The van der Waals surface area contributed by atoms with Gasteiger partial charge in [0.2, 0.25) is 0 Å². The van der Waals surface area contributed by atoms with Crippen LogP contribution < -0.4 is 10.2 Å². The van der Waals surface area contributed by atoms with Crippen molar-refractivity contribution in [2.24, 2.45) is 0 Å². The molecule has 8 heteroatoms. The lowest BCUT2D eigenvalue weighted by atomic mass is 9.95. The monoisotopic (exact) mass is 461 g/mol. The van der Waals surface area contributed by atoms with Crippen molar-refractivity contribution in [2.75, 3.05) is 49.5 Å². The summed E-state index contributed by atoms with van der Waals surface area (Å²) in [6.45, 7) is 9.11. The molecular weight excluding hydrogens is 429 g/mol. The van der Waals surface area contributed by atoms with Crippen molar-refractivity contribution in [1.82, 2.24) is 24.4 Å². The van der Waals surface area contributed by atoms with Gasteiger partial charge in [-0.05, 0) is 69.5 Å². The van der Waals surface area contributed by atoms with Crippen LogP contribution in [0.4, 0.5) is 16.0 Å². The zero-order valence-corrected chi connectivity index (χ0v) is 19.8. The minimum absolute atomic E-state index is 0.167. The summed E-state index contributed by atoms with van der Waals surface area (Å²) in [5.74, 6) is 3.51. The molecule has 1 N–H and O–H groups in total. The number of likely N-dealkylation sites (tertiary alicyclic amines) is 1. The fourth-order valence-electron chi connectivity index (χ4n) is 5.45. The highest BCUT2D eigenvalue weighted by molar-refractivity contribution is 5.62. The number of hydrogen-bond donors (Lipinski definition) is 1. The Morgan fingerprint density at radius 3 is 2.71 bits per heavy atom. The van der Waals surface area contributed by atoms with Crippen LogP contribution in [0.1, 0.15) is 42.1 Å². The smallest absolute Gasteiger partial charge is 0.137 e. The van der Waals surface area contributed by atoms with Gasteiger partial charge in [-0.15, -0.1) is 0 Å². The molecule has 0 atom stereocenters. The summed E-state index contributed by atoms with van der Waals surface area (Å²) < 4.78 is 16.2. The average Bonchev–Trinajstić information content (AvgIpc) is 3.47. The van der Waals surface area contributed by atoms with Gasteiger partial charge in [0, 0.05) is 56.0 Å². The quantitative estimate of drug-likeness (QED) is 0.602. The van der Waals surface area contributed by atoms with E-state index in [0.717, 1.165) is 74.9 Å². The maximum Gasteiger partial charge on any atom is 0.137 e. The average molecular weight is 462 g/mol. The Labute approximate surface area is 200 Å². The molecule has 0 saturated carbocycles. The fraction of sp³-hybridized carbons (Fsp3) is 0.500. The van der Waals surface area contributed by atoms with E-state index in [1.54, 1.807) is 12.4 Å². The van der Waals surface area contributed by atoms with E-state index in [1.165, 1.54) is 30.9 Å². The topological polar surface area (TPSA) is 62.1 Å². The Hall–Kier alpha value is -3.00. The number of imidazole rings is 1. The van der Waals surface area contributed by atoms with Gasteiger partial charge in [-0.3, -0.25) is 0 Å². The summed E-state index contributed by atoms with van der Waals surface area (Å²) in [5.41, 5.74) is 3.86. The van der Waals surface area contributed by atoms with E-state index in [2.05, 4.69) is 35.8 Å². The molecule has 178 valence electrons. The Morgan fingerprint density at radius 2 is 1.94 bits per heavy atom. The summed E-state index contributed by atoms with van der Waals surface area (Å²) >= 11 is 0. The molecule has 0 spiro atoms. The molecule has 0 amide bonds. The minimum Gasteiger partial charge on any atom is -0.369 e. The molecule has 1 aromatic carbocycles. The second-order valence-electron chi connectivity index (χ2n) is 9.80. The lowest BCUT2D eigenvalue weighted by Crippen LogP contribution is -2.39. The number of hydrogen-bond acceptors (Lipinski definition) is 6. The van der Waals surface area contributed by atoms with Crippen molar-refractivity contribution < 1.29 is 4.39 Å². The number of aryl methyl sites for hydroxylation is 1. The van der Waals surface area contributed by atoms with Crippen LogP contribution in [0, 0.1) is 12.7 Å². The van der Waals surface area contributed by atoms with Gasteiger partial charge in [0.15, 0.2) is 0 Å². The molecule has 34 heavy (non-hydrogen) atoms. The third-order valence-electron chi connectivity index (χ3n) is 7.62. The van der Waals surface area contributed by atoms with Crippen LogP contribution in [0.3, 0.4) is 0 Å². The number of nitrogens with zero attached hydrogens (tertiary/aromatic N) is 6. The van der Waals surface area contributed by atoms with Crippen molar-refractivity contribution >= 4 is 11.6 Å². The summed E-state index contributed by atoms with van der Waals surface area (Å²) in [6.07, 6.45) is 8.25. The second kappa shape index (κ2) is 8.98. The second-order valence-corrected chi connectivity index (χ2v) is 9.80. The van der Waals surface area contributed by atoms with Gasteiger partial charge in [-0.2, -0.15) is 0 Å². The summed E-state index contributed by atoms with van der Waals surface area (Å²) in [4.78, 5) is 19.1. The van der Waals surface area contributed by atoms with Gasteiger partial charge < -0.3 is 19.7 Å². The lowest BCUT2D eigenvalue weighted by molar-refractivity contribution is 0.173. The first-order valence-electron chi connectivity index (χ1n) is 12.5. The van der Waals surface area contributed by atoms with Gasteiger partial charge in [0.1, 0.15) is 29.6 Å². The standard InChI is InChI=1S/C26H32FN7/c1-18-15-20(3-4-22(18)27)23-16-34(14-13-32-9-2-10-32)25(31-23)19-6-11-33(12-7-19)26-21-5-8-28-24(21)29-17-30-26/h3-4,15-17,19H,2,5-14H2,1H3,(H,28,29,30). The van der Waals surface area contributed by atoms with Gasteiger partial charge in [-0.25, -0.2) is 19.3 Å². The molecule has 0 aliphatic carbocycles. The highest BCUT2D eigenvalue weighted by Crippen LogP contribution is 2.35. The summed E-state index contributed by atoms with van der Waals surface area (Å²) in [5, 5.41) is 3.36. The lowest BCUT2D eigenvalue weighted by Gasteiger charge is -2.34. The van der Waals surface area contributed by atoms with E-state index in [9.17, 15) is 4.39 Å².